The standard InChI is InChI=1S/C8H5F3O2.K/c9-8(10,11)6-3-1-5(2-4-6)7(12)13;/h1-4H,(H,12,13);/q;+1/p-1. The summed E-state index contributed by atoms with van der Waals surface area (Å²) >= 11 is 0. The van der Waals surface area contributed by atoms with Crippen molar-refractivity contribution in [1.82, 2.24) is 0 Å². The zero-order valence-electron chi connectivity index (χ0n) is 7.26. The molecule has 0 unspecified atom stereocenters. The van der Waals surface area contributed by atoms with Crippen LogP contribution in [0.4, 0.5) is 13.2 Å². The molecule has 0 saturated heterocycles. The predicted octanol–water partition coefficient (Wildman–Crippen LogP) is -1.93. The SMILES string of the molecule is O=C([O-])c1ccc(C(F)(F)F)cc1.[K+]. The molecule has 14 heavy (non-hydrogen) atoms. The van der Waals surface area contributed by atoms with Crippen molar-refractivity contribution < 1.29 is 74.5 Å². The van der Waals surface area contributed by atoms with Gasteiger partial charge in [-0.1, -0.05) is 12.1 Å². The van der Waals surface area contributed by atoms with E-state index in [0.717, 1.165) is 12.1 Å². The van der Waals surface area contributed by atoms with E-state index in [9.17, 15) is 23.1 Å². The van der Waals surface area contributed by atoms with Crippen LogP contribution in [0.3, 0.4) is 0 Å². The average molecular weight is 228 g/mol. The molecule has 0 fully saturated rings. The molecule has 70 valence electrons. The molecule has 0 spiro atoms. The maximum Gasteiger partial charge on any atom is 1.00 e. The first kappa shape index (κ1) is 14.1. The number of carboxylic acid groups (broad SMARTS) is 1. The van der Waals surface area contributed by atoms with Crippen LogP contribution >= 0.6 is 0 Å². The molecule has 1 rings (SSSR count). The van der Waals surface area contributed by atoms with Gasteiger partial charge in [0.05, 0.1) is 11.5 Å². The summed E-state index contributed by atoms with van der Waals surface area (Å²) in [5.74, 6) is -1.49. The molecule has 0 aliphatic rings. The average Bonchev–Trinajstić information content (AvgIpc) is 2.03. The normalized spacial score (nSPS) is 10.5. The van der Waals surface area contributed by atoms with Gasteiger partial charge in [0, 0.05) is 0 Å². The van der Waals surface area contributed by atoms with Crippen LogP contribution in [0.15, 0.2) is 24.3 Å². The van der Waals surface area contributed by atoms with Crippen molar-refractivity contribution in [3.63, 3.8) is 0 Å². The number of carboxylic acids is 1. The maximum absolute atomic E-state index is 12.0. The summed E-state index contributed by atoms with van der Waals surface area (Å²) in [6, 6.07) is 3.12. The summed E-state index contributed by atoms with van der Waals surface area (Å²) in [6.07, 6.45) is -4.44. The van der Waals surface area contributed by atoms with Gasteiger partial charge in [-0.25, -0.2) is 0 Å². The van der Waals surface area contributed by atoms with Gasteiger partial charge in [0.25, 0.3) is 0 Å². The van der Waals surface area contributed by atoms with Gasteiger partial charge in [-0.05, 0) is 17.7 Å². The molecule has 0 heterocycles. The van der Waals surface area contributed by atoms with Crippen LogP contribution in [0, 0.1) is 0 Å². The molecule has 0 radical (unpaired) electrons. The number of carbonyl (C=O) groups is 1. The Morgan fingerprint density at radius 3 is 1.86 bits per heavy atom. The van der Waals surface area contributed by atoms with Gasteiger partial charge in [-0.2, -0.15) is 13.2 Å². The first-order chi connectivity index (χ1) is 5.91. The van der Waals surface area contributed by atoms with Crippen LogP contribution in [0.1, 0.15) is 15.9 Å². The number of hydrogen-bond donors (Lipinski definition) is 0. The van der Waals surface area contributed by atoms with E-state index in [1.165, 1.54) is 0 Å². The van der Waals surface area contributed by atoms with Crippen LogP contribution in [-0.4, -0.2) is 5.97 Å². The molecule has 0 aromatic heterocycles. The van der Waals surface area contributed by atoms with Crippen molar-refractivity contribution in [2.75, 3.05) is 0 Å². The molecule has 0 N–H and O–H groups in total. The number of aromatic carboxylic acids is 1. The topological polar surface area (TPSA) is 40.1 Å². The van der Waals surface area contributed by atoms with E-state index in [1.807, 2.05) is 0 Å². The van der Waals surface area contributed by atoms with Crippen LogP contribution in [0.25, 0.3) is 0 Å². The van der Waals surface area contributed by atoms with Crippen LogP contribution in [-0.2, 0) is 6.18 Å². The molecule has 0 bridgehead atoms. The van der Waals surface area contributed by atoms with Gasteiger partial charge in [-0.3, -0.25) is 0 Å². The molecule has 1 aromatic rings. The largest absolute Gasteiger partial charge is 1.00 e. The Kier molecular flexibility index (Phi) is 5.31. The Morgan fingerprint density at radius 2 is 1.57 bits per heavy atom. The second-order valence-electron chi connectivity index (χ2n) is 2.36. The minimum atomic E-state index is -4.44. The van der Waals surface area contributed by atoms with Crippen molar-refractivity contribution in [3.8, 4) is 0 Å². The fraction of sp³-hybridized carbons (Fsp3) is 0.125. The van der Waals surface area contributed by atoms with Crippen molar-refractivity contribution in [3.05, 3.63) is 35.4 Å². The molecule has 0 aliphatic carbocycles. The van der Waals surface area contributed by atoms with Gasteiger partial charge >= 0.3 is 57.6 Å². The first-order valence-corrected chi connectivity index (χ1v) is 3.30. The monoisotopic (exact) mass is 228 g/mol. The Morgan fingerprint density at radius 1 is 1.14 bits per heavy atom. The van der Waals surface area contributed by atoms with Crippen LogP contribution < -0.4 is 56.5 Å². The first-order valence-electron chi connectivity index (χ1n) is 3.30. The van der Waals surface area contributed by atoms with E-state index in [0.29, 0.717) is 12.1 Å². The molecule has 0 atom stereocenters. The molecule has 1 aromatic carbocycles. The van der Waals surface area contributed by atoms with Crippen molar-refractivity contribution >= 4 is 5.97 Å². The van der Waals surface area contributed by atoms with Crippen molar-refractivity contribution in [2.45, 2.75) is 6.18 Å². The summed E-state index contributed by atoms with van der Waals surface area (Å²) in [4.78, 5) is 10.2. The zero-order valence-corrected chi connectivity index (χ0v) is 10.4. The number of halogens is 3. The Hall–Kier alpha value is 0.116. The van der Waals surface area contributed by atoms with E-state index in [2.05, 4.69) is 0 Å². The second-order valence-corrected chi connectivity index (χ2v) is 2.36. The van der Waals surface area contributed by atoms with Crippen molar-refractivity contribution in [2.24, 2.45) is 0 Å². The van der Waals surface area contributed by atoms with Gasteiger partial charge in [-0.15, -0.1) is 0 Å². The molecule has 2 nitrogen and oxygen atoms in total. The summed E-state index contributed by atoms with van der Waals surface area (Å²) in [5.41, 5.74) is -1.15. The fourth-order valence-corrected chi connectivity index (χ4v) is 0.795. The zero-order chi connectivity index (χ0) is 10.1. The van der Waals surface area contributed by atoms with E-state index in [1.54, 1.807) is 0 Å². The second kappa shape index (κ2) is 5.27. The molecule has 0 saturated carbocycles. The van der Waals surface area contributed by atoms with E-state index in [-0.39, 0.29) is 56.9 Å². The molecule has 0 amide bonds. The van der Waals surface area contributed by atoms with E-state index >= 15 is 0 Å². The van der Waals surface area contributed by atoms with Crippen LogP contribution in [0.5, 0.6) is 0 Å². The van der Waals surface area contributed by atoms with Crippen molar-refractivity contribution in [1.29, 1.82) is 0 Å². The summed E-state index contributed by atoms with van der Waals surface area (Å²) < 4.78 is 35.9. The number of benzene rings is 1. The molecular formula is C8H4F3KO2. The summed E-state index contributed by atoms with van der Waals surface area (Å²) in [7, 11) is 0. The smallest absolute Gasteiger partial charge is 0.545 e. The number of hydrogen-bond acceptors (Lipinski definition) is 2. The molecule has 0 aliphatic heterocycles. The third-order valence-electron chi connectivity index (χ3n) is 1.45. The maximum atomic E-state index is 12.0. The minimum Gasteiger partial charge on any atom is -0.545 e. The Bertz CT molecular complexity index is 318. The molecular weight excluding hydrogens is 224 g/mol. The number of rotatable bonds is 1. The minimum absolute atomic E-state index is 0. The third kappa shape index (κ3) is 3.70. The number of alkyl halides is 3. The summed E-state index contributed by atoms with van der Waals surface area (Å²) in [6.45, 7) is 0. The van der Waals surface area contributed by atoms with Gasteiger partial charge in [0.2, 0.25) is 0 Å². The Labute approximate surface area is 121 Å². The summed E-state index contributed by atoms with van der Waals surface area (Å²) in [5, 5.41) is 10.2. The van der Waals surface area contributed by atoms with Gasteiger partial charge in [0.15, 0.2) is 0 Å². The quantitative estimate of drug-likeness (QED) is 0.525. The predicted molar refractivity (Wildman–Crippen MR) is 35.8 cm³/mol. The van der Waals surface area contributed by atoms with Crippen LogP contribution in [0.2, 0.25) is 0 Å². The fourth-order valence-electron chi connectivity index (χ4n) is 0.795. The third-order valence-corrected chi connectivity index (χ3v) is 1.45. The molecule has 6 heteroatoms. The van der Waals surface area contributed by atoms with Gasteiger partial charge < -0.3 is 9.90 Å². The van der Waals surface area contributed by atoms with E-state index in [4.69, 9.17) is 0 Å². The number of carbonyl (C=O) groups excluding carboxylic acids is 1. The van der Waals surface area contributed by atoms with Gasteiger partial charge in [0.1, 0.15) is 0 Å². The van der Waals surface area contributed by atoms with E-state index < -0.39 is 17.7 Å². The Balaban J connectivity index is 0.00000169.